The van der Waals surface area contributed by atoms with Gasteiger partial charge in [0.15, 0.2) is 0 Å². The Morgan fingerprint density at radius 3 is 2.84 bits per heavy atom. The number of ketones is 1. The number of carbonyl (C=O) groups excluding carboxylic acids is 2. The first-order chi connectivity index (χ1) is 9.08. The van der Waals surface area contributed by atoms with Gasteiger partial charge in [-0.25, -0.2) is 0 Å². The fourth-order valence-electron chi connectivity index (χ4n) is 2.62. The third kappa shape index (κ3) is 2.02. The minimum atomic E-state index is -0.435. The number of anilines is 2. The lowest BCUT2D eigenvalue weighted by Gasteiger charge is -2.32. The lowest BCUT2D eigenvalue weighted by Crippen LogP contribution is -2.36. The summed E-state index contributed by atoms with van der Waals surface area (Å²) in [7, 11) is 1.66. The number of carbonyl (C=O) groups is 2. The molecular weight excluding hydrogens is 260 g/mol. The van der Waals surface area contributed by atoms with Crippen molar-refractivity contribution >= 4 is 34.8 Å². The maximum absolute atomic E-state index is 11.7. The summed E-state index contributed by atoms with van der Waals surface area (Å²) in [6.45, 7) is 4.25. The number of thioether (sulfide) groups is 1. The lowest BCUT2D eigenvalue weighted by molar-refractivity contribution is -0.114. The van der Waals surface area contributed by atoms with Crippen LogP contribution in [0.5, 0.6) is 0 Å². The van der Waals surface area contributed by atoms with Crippen LogP contribution in [0.2, 0.25) is 0 Å². The highest BCUT2D eigenvalue weighted by atomic mass is 32.2. The molecule has 0 N–H and O–H groups in total. The number of hydrogen-bond donors (Lipinski definition) is 0. The molecule has 1 aromatic carbocycles. The summed E-state index contributed by atoms with van der Waals surface area (Å²) in [5.74, 6) is 0.285. The van der Waals surface area contributed by atoms with Crippen molar-refractivity contribution < 1.29 is 9.59 Å². The van der Waals surface area contributed by atoms with E-state index in [4.69, 9.17) is 0 Å². The van der Waals surface area contributed by atoms with Gasteiger partial charge in [-0.05, 0) is 18.2 Å². The molecule has 0 aromatic heterocycles. The minimum absolute atomic E-state index is 0.397. The maximum Gasteiger partial charge on any atom is 0.299 e. The number of amides is 1. The molecule has 1 saturated heterocycles. The highest BCUT2D eigenvalue weighted by Crippen LogP contribution is 2.33. The Bertz CT molecular complexity index is 558. The molecule has 5 heteroatoms. The number of likely N-dealkylation sites (N-methyl/N-ethyl adjacent to an activating group) is 1. The van der Waals surface area contributed by atoms with Crippen LogP contribution in [0, 0.1) is 0 Å². The van der Waals surface area contributed by atoms with Crippen LogP contribution in [0.1, 0.15) is 17.3 Å². The summed E-state index contributed by atoms with van der Waals surface area (Å²) >= 11 is 1.98. The number of nitrogens with zero attached hydrogens (tertiary/aromatic N) is 2. The fraction of sp³-hybridized carbons (Fsp3) is 0.429. The molecule has 2 aliphatic heterocycles. The summed E-state index contributed by atoms with van der Waals surface area (Å²) in [6.07, 6.45) is 0. The van der Waals surface area contributed by atoms with E-state index in [1.165, 1.54) is 4.90 Å². The van der Waals surface area contributed by atoms with Gasteiger partial charge in [0.25, 0.3) is 11.7 Å². The van der Waals surface area contributed by atoms with E-state index in [0.717, 1.165) is 30.2 Å². The molecule has 1 atom stereocenters. The first-order valence-corrected chi connectivity index (χ1v) is 7.46. The largest absolute Gasteiger partial charge is 0.370 e. The predicted molar refractivity (Wildman–Crippen MR) is 78.3 cm³/mol. The van der Waals surface area contributed by atoms with Crippen molar-refractivity contribution in [3.8, 4) is 0 Å². The molecule has 3 rings (SSSR count). The van der Waals surface area contributed by atoms with Crippen molar-refractivity contribution in [2.75, 3.05) is 35.7 Å². The Hall–Kier alpha value is -1.49. The smallest absolute Gasteiger partial charge is 0.299 e. The molecule has 1 aromatic rings. The average Bonchev–Trinajstić information content (AvgIpc) is 2.64. The molecule has 19 heavy (non-hydrogen) atoms. The standard InChI is InChI=1S/C14H16N2O2S/c1-9-8-16(5-6-19-9)10-3-4-11-12(7-10)15(2)14(18)13(11)17/h3-4,7,9H,5-6,8H2,1-2H3. The number of hydrogen-bond acceptors (Lipinski definition) is 4. The number of rotatable bonds is 1. The number of fused-ring (bicyclic) bond motifs is 1. The molecule has 100 valence electrons. The van der Waals surface area contributed by atoms with Crippen LogP contribution in [0.4, 0.5) is 11.4 Å². The van der Waals surface area contributed by atoms with Crippen LogP contribution >= 0.6 is 11.8 Å². The van der Waals surface area contributed by atoms with Crippen molar-refractivity contribution in [2.24, 2.45) is 0 Å². The zero-order valence-corrected chi connectivity index (χ0v) is 11.9. The maximum atomic E-state index is 11.7. The second-order valence-electron chi connectivity index (χ2n) is 5.02. The Labute approximate surface area is 116 Å². The second kappa shape index (κ2) is 4.56. The Morgan fingerprint density at radius 1 is 1.32 bits per heavy atom. The average molecular weight is 276 g/mol. The van der Waals surface area contributed by atoms with Gasteiger partial charge in [0.1, 0.15) is 0 Å². The van der Waals surface area contributed by atoms with Gasteiger partial charge in [-0.2, -0.15) is 11.8 Å². The van der Waals surface area contributed by atoms with Crippen LogP contribution in [0.15, 0.2) is 18.2 Å². The van der Waals surface area contributed by atoms with E-state index >= 15 is 0 Å². The van der Waals surface area contributed by atoms with Gasteiger partial charge < -0.3 is 9.80 Å². The Balaban J connectivity index is 1.94. The zero-order valence-electron chi connectivity index (χ0n) is 11.0. The van der Waals surface area contributed by atoms with Gasteiger partial charge in [-0.3, -0.25) is 9.59 Å². The first kappa shape index (κ1) is 12.5. The van der Waals surface area contributed by atoms with Gasteiger partial charge in [0.2, 0.25) is 0 Å². The summed E-state index contributed by atoms with van der Waals surface area (Å²) in [5.41, 5.74) is 2.36. The normalized spacial score (nSPS) is 22.9. The number of benzene rings is 1. The van der Waals surface area contributed by atoms with Crippen molar-refractivity contribution in [2.45, 2.75) is 12.2 Å². The van der Waals surface area contributed by atoms with Gasteiger partial charge in [0, 0.05) is 36.8 Å². The van der Waals surface area contributed by atoms with Crippen LogP contribution in [-0.2, 0) is 4.79 Å². The van der Waals surface area contributed by atoms with E-state index in [9.17, 15) is 9.59 Å². The van der Waals surface area contributed by atoms with E-state index in [2.05, 4.69) is 11.8 Å². The van der Waals surface area contributed by atoms with Crippen molar-refractivity contribution in [3.63, 3.8) is 0 Å². The first-order valence-electron chi connectivity index (χ1n) is 6.41. The lowest BCUT2D eigenvalue weighted by atomic mass is 10.1. The third-order valence-corrected chi connectivity index (χ3v) is 4.83. The molecule has 1 unspecified atom stereocenters. The molecule has 2 aliphatic rings. The van der Waals surface area contributed by atoms with E-state index < -0.39 is 11.7 Å². The summed E-state index contributed by atoms with van der Waals surface area (Å²) < 4.78 is 0. The zero-order chi connectivity index (χ0) is 13.6. The summed E-state index contributed by atoms with van der Waals surface area (Å²) in [6, 6.07) is 5.69. The van der Waals surface area contributed by atoms with E-state index in [0.29, 0.717) is 10.8 Å². The molecule has 1 fully saturated rings. The van der Waals surface area contributed by atoms with Crippen molar-refractivity contribution in [1.29, 1.82) is 0 Å². The molecule has 2 heterocycles. The molecule has 0 spiro atoms. The van der Waals surface area contributed by atoms with Crippen LogP contribution < -0.4 is 9.80 Å². The SMILES string of the molecule is CC1CN(c2ccc3c(c2)N(C)C(=O)C3=O)CCS1. The van der Waals surface area contributed by atoms with Gasteiger partial charge >= 0.3 is 0 Å². The minimum Gasteiger partial charge on any atom is -0.370 e. The highest BCUT2D eigenvalue weighted by molar-refractivity contribution is 8.00. The molecule has 0 bridgehead atoms. The van der Waals surface area contributed by atoms with Crippen LogP contribution in [-0.4, -0.2) is 42.8 Å². The second-order valence-corrected chi connectivity index (χ2v) is 6.57. The third-order valence-electron chi connectivity index (χ3n) is 3.69. The molecule has 0 aliphatic carbocycles. The number of Topliss-reactive ketones (excluding diaryl/α,β-unsaturated/α-hetero) is 1. The summed E-state index contributed by atoms with van der Waals surface area (Å²) in [4.78, 5) is 27.2. The van der Waals surface area contributed by atoms with E-state index in [-0.39, 0.29) is 0 Å². The van der Waals surface area contributed by atoms with E-state index in [1.54, 1.807) is 13.1 Å². The quantitative estimate of drug-likeness (QED) is 0.733. The fourth-order valence-corrected chi connectivity index (χ4v) is 3.63. The van der Waals surface area contributed by atoms with Gasteiger partial charge in [0.05, 0.1) is 11.3 Å². The Kier molecular flexibility index (Phi) is 3.01. The monoisotopic (exact) mass is 276 g/mol. The molecule has 4 nitrogen and oxygen atoms in total. The molecule has 1 amide bonds. The topological polar surface area (TPSA) is 40.6 Å². The van der Waals surface area contributed by atoms with E-state index in [1.807, 2.05) is 23.9 Å². The Morgan fingerprint density at radius 2 is 2.11 bits per heavy atom. The molecule has 0 radical (unpaired) electrons. The van der Waals surface area contributed by atoms with Crippen molar-refractivity contribution in [1.82, 2.24) is 0 Å². The van der Waals surface area contributed by atoms with Crippen LogP contribution in [0.3, 0.4) is 0 Å². The highest BCUT2D eigenvalue weighted by Gasteiger charge is 2.33. The molecule has 0 saturated carbocycles. The van der Waals surface area contributed by atoms with Gasteiger partial charge in [-0.15, -0.1) is 0 Å². The summed E-state index contributed by atoms with van der Waals surface area (Å²) in [5, 5.41) is 0.614. The van der Waals surface area contributed by atoms with Gasteiger partial charge in [-0.1, -0.05) is 6.92 Å². The van der Waals surface area contributed by atoms with Crippen LogP contribution in [0.25, 0.3) is 0 Å². The molecular formula is C14H16N2O2S. The predicted octanol–water partition coefficient (Wildman–Crippen LogP) is 1.79. The van der Waals surface area contributed by atoms with Crippen molar-refractivity contribution in [3.05, 3.63) is 23.8 Å².